The highest BCUT2D eigenvalue weighted by Crippen LogP contribution is 2.15. The smallest absolute Gasteiger partial charge is 0.0563 e. The predicted molar refractivity (Wildman–Crippen MR) is 86.1 cm³/mol. The average molecular weight is 304 g/mol. The molecule has 0 radical (unpaired) electrons. The molecule has 0 spiro atoms. The van der Waals surface area contributed by atoms with Crippen molar-refractivity contribution in [3.63, 3.8) is 0 Å². The predicted octanol–water partition coefficient (Wildman–Crippen LogP) is 2.62. The quantitative estimate of drug-likeness (QED) is 0.422. The molecular formula is C17H36O4. The molecule has 0 aliphatic rings. The van der Waals surface area contributed by atoms with Gasteiger partial charge in [0.2, 0.25) is 0 Å². The van der Waals surface area contributed by atoms with Crippen LogP contribution in [0.15, 0.2) is 0 Å². The van der Waals surface area contributed by atoms with Gasteiger partial charge in [-0.05, 0) is 70.6 Å². The van der Waals surface area contributed by atoms with Gasteiger partial charge >= 0.3 is 0 Å². The van der Waals surface area contributed by atoms with Gasteiger partial charge in [-0.3, -0.25) is 0 Å². The zero-order chi connectivity index (χ0) is 16.3. The van der Waals surface area contributed by atoms with Gasteiger partial charge in [0.15, 0.2) is 0 Å². The average Bonchev–Trinajstić information content (AvgIpc) is 2.37. The first-order valence-corrected chi connectivity index (χ1v) is 8.55. The van der Waals surface area contributed by atoms with Gasteiger partial charge < -0.3 is 20.4 Å². The van der Waals surface area contributed by atoms with E-state index in [0.717, 1.165) is 44.9 Å². The topological polar surface area (TPSA) is 80.9 Å². The van der Waals surface area contributed by atoms with Crippen molar-refractivity contribution in [2.45, 2.75) is 103 Å². The lowest BCUT2D eigenvalue weighted by molar-refractivity contribution is 0.0957. The Morgan fingerprint density at radius 3 is 1.33 bits per heavy atom. The zero-order valence-electron chi connectivity index (χ0n) is 14.0. The van der Waals surface area contributed by atoms with Gasteiger partial charge in [-0.25, -0.2) is 0 Å². The van der Waals surface area contributed by atoms with Crippen molar-refractivity contribution in [3.8, 4) is 0 Å². The van der Waals surface area contributed by atoms with Gasteiger partial charge in [0, 0.05) is 0 Å². The molecule has 0 aromatic rings. The van der Waals surface area contributed by atoms with E-state index in [1.54, 1.807) is 6.92 Å². The van der Waals surface area contributed by atoms with E-state index < -0.39 is 0 Å². The Morgan fingerprint density at radius 2 is 0.952 bits per heavy atom. The number of hydrogen-bond acceptors (Lipinski definition) is 4. The summed E-state index contributed by atoms with van der Waals surface area (Å²) in [4.78, 5) is 0. The SMILES string of the molecule is CC(C)[C@@H](O)CCC[C@H](O)CCC[C@H](O)CCC[C@H](C)O. The normalized spacial score (nSPS) is 17.7. The summed E-state index contributed by atoms with van der Waals surface area (Å²) >= 11 is 0. The Balaban J connectivity index is 3.50. The summed E-state index contributed by atoms with van der Waals surface area (Å²) in [6.07, 6.45) is 5.66. The van der Waals surface area contributed by atoms with Crippen molar-refractivity contribution in [1.82, 2.24) is 0 Å². The van der Waals surface area contributed by atoms with Crippen LogP contribution in [0.2, 0.25) is 0 Å². The molecule has 4 heteroatoms. The summed E-state index contributed by atoms with van der Waals surface area (Å²) in [7, 11) is 0. The Labute approximate surface area is 130 Å². The minimum atomic E-state index is -0.325. The summed E-state index contributed by atoms with van der Waals surface area (Å²) in [6.45, 7) is 5.76. The molecule has 0 unspecified atom stereocenters. The molecule has 0 fully saturated rings. The number of aliphatic hydroxyl groups is 4. The highest BCUT2D eigenvalue weighted by atomic mass is 16.3. The largest absolute Gasteiger partial charge is 0.393 e. The molecule has 0 saturated carbocycles. The fourth-order valence-corrected chi connectivity index (χ4v) is 2.42. The molecule has 0 saturated heterocycles. The van der Waals surface area contributed by atoms with Crippen molar-refractivity contribution in [1.29, 1.82) is 0 Å². The molecular weight excluding hydrogens is 268 g/mol. The van der Waals surface area contributed by atoms with Crippen molar-refractivity contribution >= 4 is 0 Å². The van der Waals surface area contributed by atoms with E-state index in [2.05, 4.69) is 0 Å². The van der Waals surface area contributed by atoms with E-state index in [9.17, 15) is 15.3 Å². The second-order valence-corrected chi connectivity index (χ2v) is 6.76. The van der Waals surface area contributed by atoms with Crippen LogP contribution in [-0.4, -0.2) is 44.8 Å². The third kappa shape index (κ3) is 13.2. The monoisotopic (exact) mass is 304 g/mol. The van der Waals surface area contributed by atoms with Crippen molar-refractivity contribution in [3.05, 3.63) is 0 Å². The standard InChI is InChI=1S/C17H36O4/c1-13(2)17(21)12-6-11-16(20)10-5-9-15(19)8-4-7-14(3)18/h13-21H,4-12H2,1-3H3/t14-,15+,16+,17-/m0/s1. The minimum absolute atomic E-state index is 0.270. The molecule has 0 aliphatic carbocycles. The Morgan fingerprint density at radius 1 is 0.571 bits per heavy atom. The number of rotatable bonds is 13. The molecule has 0 aromatic heterocycles. The molecule has 21 heavy (non-hydrogen) atoms. The maximum absolute atomic E-state index is 9.87. The summed E-state index contributed by atoms with van der Waals surface area (Å²) in [5.41, 5.74) is 0. The molecule has 0 aromatic carbocycles. The first-order chi connectivity index (χ1) is 9.82. The van der Waals surface area contributed by atoms with Gasteiger partial charge in [0.1, 0.15) is 0 Å². The molecule has 128 valence electrons. The van der Waals surface area contributed by atoms with E-state index in [1.165, 1.54) is 0 Å². The Bertz CT molecular complexity index is 231. The molecule has 0 bridgehead atoms. The van der Waals surface area contributed by atoms with Crippen molar-refractivity contribution in [2.24, 2.45) is 5.92 Å². The number of aliphatic hydroxyl groups excluding tert-OH is 4. The van der Waals surface area contributed by atoms with Crippen LogP contribution in [0.25, 0.3) is 0 Å². The van der Waals surface area contributed by atoms with E-state index in [-0.39, 0.29) is 30.3 Å². The minimum Gasteiger partial charge on any atom is -0.393 e. The van der Waals surface area contributed by atoms with Gasteiger partial charge in [-0.1, -0.05) is 13.8 Å². The summed E-state index contributed by atoms with van der Waals surface area (Å²) < 4.78 is 0. The molecule has 0 heterocycles. The lowest BCUT2D eigenvalue weighted by Crippen LogP contribution is -2.16. The van der Waals surface area contributed by atoms with Crippen molar-refractivity contribution in [2.75, 3.05) is 0 Å². The molecule has 0 amide bonds. The van der Waals surface area contributed by atoms with Crippen LogP contribution >= 0.6 is 0 Å². The molecule has 4 atom stereocenters. The first kappa shape index (κ1) is 20.8. The van der Waals surface area contributed by atoms with Gasteiger partial charge in [-0.15, -0.1) is 0 Å². The maximum Gasteiger partial charge on any atom is 0.0563 e. The van der Waals surface area contributed by atoms with Gasteiger partial charge in [-0.2, -0.15) is 0 Å². The van der Waals surface area contributed by atoms with Crippen molar-refractivity contribution < 1.29 is 20.4 Å². The van der Waals surface area contributed by atoms with Gasteiger partial charge in [0.05, 0.1) is 24.4 Å². The molecule has 4 nitrogen and oxygen atoms in total. The van der Waals surface area contributed by atoms with E-state index in [0.29, 0.717) is 12.8 Å². The van der Waals surface area contributed by atoms with E-state index in [1.807, 2.05) is 13.8 Å². The van der Waals surface area contributed by atoms with E-state index >= 15 is 0 Å². The maximum atomic E-state index is 9.87. The fourth-order valence-electron chi connectivity index (χ4n) is 2.42. The lowest BCUT2D eigenvalue weighted by Gasteiger charge is -2.16. The van der Waals surface area contributed by atoms with Crippen LogP contribution in [0.3, 0.4) is 0 Å². The Kier molecular flexibility index (Phi) is 12.3. The van der Waals surface area contributed by atoms with Crippen LogP contribution < -0.4 is 0 Å². The summed E-state index contributed by atoms with van der Waals surface area (Å²) in [6, 6.07) is 0. The molecule has 4 N–H and O–H groups in total. The third-order valence-corrected chi connectivity index (χ3v) is 4.04. The summed E-state index contributed by atoms with van der Waals surface area (Å²) in [5.74, 6) is 0.277. The molecule has 0 aliphatic heterocycles. The summed E-state index contributed by atoms with van der Waals surface area (Å²) in [5, 5.41) is 38.5. The fraction of sp³-hybridized carbons (Fsp3) is 1.00. The first-order valence-electron chi connectivity index (χ1n) is 8.55. The van der Waals surface area contributed by atoms with Crippen LogP contribution in [0, 0.1) is 5.92 Å². The Hall–Kier alpha value is -0.160. The van der Waals surface area contributed by atoms with Crippen LogP contribution in [0.4, 0.5) is 0 Å². The van der Waals surface area contributed by atoms with Gasteiger partial charge in [0.25, 0.3) is 0 Å². The zero-order valence-corrected chi connectivity index (χ0v) is 14.0. The van der Waals surface area contributed by atoms with Crippen LogP contribution in [-0.2, 0) is 0 Å². The number of hydrogen-bond donors (Lipinski definition) is 4. The molecule has 0 rings (SSSR count). The second kappa shape index (κ2) is 12.4. The van der Waals surface area contributed by atoms with Crippen LogP contribution in [0.5, 0.6) is 0 Å². The lowest BCUT2D eigenvalue weighted by atomic mass is 9.98. The third-order valence-electron chi connectivity index (χ3n) is 4.04. The second-order valence-electron chi connectivity index (χ2n) is 6.76. The van der Waals surface area contributed by atoms with E-state index in [4.69, 9.17) is 5.11 Å². The highest BCUT2D eigenvalue weighted by Gasteiger charge is 2.11. The van der Waals surface area contributed by atoms with Crippen LogP contribution in [0.1, 0.15) is 78.6 Å². The highest BCUT2D eigenvalue weighted by molar-refractivity contribution is 4.64.